The van der Waals surface area contributed by atoms with Gasteiger partial charge < -0.3 is 34.6 Å². The average molecular weight is 775 g/mol. The van der Waals surface area contributed by atoms with Gasteiger partial charge in [0.25, 0.3) is 17.5 Å². The second-order valence-corrected chi connectivity index (χ2v) is 14.0. The molecule has 4 fully saturated rings. The predicted octanol–water partition coefficient (Wildman–Crippen LogP) is 4.28. The van der Waals surface area contributed by atoms with Crippen LogP contribution in [0.15, 0.2) is 41.5 Å². The molecule has 6 heterocycles. The minimum atomic E-state index is -2.57. The molecule has 2 aliphatic heterocycles. The van der Waals surface area contributed by atoms with E-state index in [4.69, 9.17) is 14.2 Å². The first-order valence-electron chi connectivity index (χ1n) is 18.6. The lowest BCUT2D eigenvalue weighted by Gasteiger charge is -2.30. The molecule has 2 aliphatic carbocycles. The molecule has 16 nitrogen and oxygen atoms in total. The van der Waals surface area contributed by atoms with Crippen molar-refractivity contribution in [2.75, 3.05) is 80.1 Å². The summed E-state index contributed by atoms with van der Waals surface area (Å²) in [7, 11) is 1.55. The number of nitrogens with zero attached hydrogens (tertiary/aromatic N) is 9. The highest BCUT2D eigenvalue weighted by atomic mass is 19.3. The molecular weight excluding hydrogens is 728 g/mol. The SMILES string of the molecule is COc1ccn(-c2nc(NC3CCC(F)(F)CC3)cc(N3CCOCC3)n2)n1.O=c1ccn(-c2nc(NC3CCC(F)(F)CC3)cc(N3CCOCC3)n2)[nH]1. The number of alkyl halides is 4. The van der Waals surface area contributed by atoms with Gasteiger partial charge in [-0.15, -0.1) is 5.10 Å². The minimum absolute atomic E-state index is 0.0351. The van der Waals surface area contributed by atoms with Gasteiger partial charge in [-0.2, -0.15) is 19.9 Å². The van der Waals surface area contributed by atoms with E-state index in [0.717, 1.165) is 18.9 Å². The summed E-state index contributed by atoms with van der Waals surface area (Å²) in [4.78, 5) is 33.9. The Morgan fingerprint density at radius 3 is 1.67 bits per heavy atom. The average Bonchev–Trinajstić information content (AvgIpc) is 3.87. The number of aromatic amines is 1. The molecule has 8 rings (SSSR count). The van der Waals surface area contributed by atoms with E-state index in [9.17, 15) is 22.4 Å². The lowest BCUT2D eigenvalue weighted by Crippen LogP contribution is -2.37. The van der Waals surface area contributed by atoms with Crippen LogP contribution in [0.25, 0.3) is 11.9 Å². The number of nitrogens with one attached hydrogen (secondary N) is 3. The fraction of sp³-hybridized carbons (Fsp3) is 0.600. The van der Waals surface area contributed by atoms with Crippen molar-refractivity contribution in [1.29, 1.82) is 0 Å². The van der Waals surface area contributed by atoms with Gasteiger partial charge in [0.15, 0.2) is 0 Å². The van der Waals surface area contributed by atoms with Gasteiger partial charge >= 0.3 is 0 Å². The molecule has 0 atom stereocenters. The first-order chi connectivity index (χ1) is 26.5. The van der Waals surface area contributed by atoms with E-state index in [-0.39, 0.29) is 43.3 Å². The van der Waals surface area contributed by atoms with E-state index in [0.29, 0.717) is 100 Å². The van der Waals surface area contributed by atoms with Gasteiger partial charge in [-0.3, -0.25) is 9.89 Å². The van der Waals surface area contributed by atoms with Crippen LogP contribution in [-0.4, -0.2) is 123 Å². The van der Waals surface area contributed by atoms with Gasteiger partial charge in [0.1, 0.15) is 23.3 Å². The smallest absolute Gasteiger partial charge is 0.264 e. The monoisotopic (exact) mass is 774 g/mol. The highest BCUT2D eigenvalue weighted by molar-refractivity contribution is 5.53. The Balaban J connectivity index is 0.000000169. The highest BCUT2D eigenvalue weighted by Crippen LogP contribution is 2.35. The highest BCUT2D eigenvalue weighted by Gasteiger charge is 2.36. The van der Waals surface area contributed by atoms with Gasteiger partial charge in [-0.05, 0) is 25.7 Å². The third-order valence-corrected chi connectivity index (χ3v) is 10.0. The molecule has 2 saturated carbocycles. The third-order valence-electron chi connectivity index (χ3n) is 10.0. The van der Waals surface area contributed by atoms with Crippen molar-refractivity contribution in [3.63, 3.8) is 0 Å². The quantitative estimate of drug-likeness (QED) is 0.207. The summed E-state index contributed by atoms with van der Waals surface area (Å²) in [6, 6.07) is 6.70. The summed E-state index contributed by atoms with van der Waals surface area (Å²) >= 11 is 0. The van der Waals surface area contributed by atoms with Gasteiger partial charge in [0, 0.05) is 101 Å². The van der Waals surface area contributed by atoms with Crippen LogP contribution in [0.5, 0.6) is 5.88 Å². The molecule has 0 radical (unpaired) electrons. The number of halogens is 4. The first kappa shape index (κ1) is 38.3. The van der Waals surface area contributed by atoms with Gasteiger partial charge in [-0.1, -0.05) is 0 Å². The van der Waals surface area contributed by atoms with Crippen LogP contribution < -0.4 is 30.7 Å². The molecule has 4 aromatic heterocycles. The largest absolute Gasteiger partial charge is 0.480 e. The van der Waals surface area contributed by atoms with Crippen molar-refractivity contribution in [3.05, 3.63) is 47.0 Å². The Kier molecular flexibility index (Phi) is 11.7. The standard InChI is InChI=1S/C18H24F2N6O2.C17H22F2N6O2/c1-27-16-4-7-26(24-16)17-22-14(21-13-2-5-18(19,20)6-3-13)12-15(23-17)25-8-10-28-11-9-25;18-17(19)4-1-12(2-5-17)20-13-11-14(24-7-9-27-10-8-24)22-16(21-13)25-6-3-15(26)23-25/h4,7,12-13H,2-3,5-6,8-11H2,1H3,(H,21,22,23);3,6,11-12H,1-2,4-5,7-10H2,(H,23,26)(H,20,21,22). The summed E-state index contributed by atoms with van der Waals surface area (Å²) < 4.78 is 72.6. The number of hydrogen-bond acceptors (Lipinski definition) is 13. The Bertz CT molecular complexity index is 1910. The number of hydrogen-bond donors (Lipinski definition) is 3. The van der Waals surface area contributed by atoms with Crippen LogP contribution in [0.1, 0.15) is 51.4 Å². The number of morpholine rings is 2. The number of H-pyrrole nitrogens is 1. The van der Waals surface area contributed by atoms with E-state index < -0.39 is 11.8 Å². The van der Waals surface area contributed by atoms with Crippen molar-refractivity contribution in [3.8, 4) is 17.8 Å². The zero-order valence-corrected chi connectivity index (χ0v) is 30.6. The summed E-state index contributed by atoms with van der Waals surface area (Å²) in [5.41, 5.74) is -0.251. The normalized spacial score (nSPS) is 20.4. The Morgan fingerprint density at radius 1 is 0.727 bits per heavy atom. The zero-order valence-electron chi connectivity index (χ0n) is 30.6. The number of rotatable bonds is 9. The van der Waals surface area contributed by atoms with Crippen LogP contribution in [0.3, 0.4) is 0 Å². The van der Waals surface area contributed by atoms with Crippen molar-refractivity contribution in [1.82, 2.24) is 39.5 Å². The lowest BCUT2D eigenvalue weighted by molar-refractivity contribution is -0.0366. The van der Waals surface area contributed by atoms with Crippen LogP contribution in [0.4, 0.5) is 40.8 Å². The van der Waals surface area contributed by atoms with E-state index in [2.05, 4.69) is 50.6 Å². The molecular formula is C35H46F4N12O4. The molecule has 3 N–H and O–H groups in total. The molecule has 4 aliphatic rings. The second kappa shape index (κ2) is 16.8. The van der Waals surface area contributed by atoms with Crippen LogP contribution in [-0.2, 0) is 9.47 Å². The molecule has 0 bridgehead atoms. The van der Waals surface area contributed by atoms with E-state index in [1.54, 1.807) is 30.3 Å². The van der Waals surface area contributed by atoms with Crippen molar-refractivity contribution in [2.24, 2.45) is 0 Å². The van der Waals surface area contributed by atoms with Gasteiger partial charge in [-0.25, -0.2) is 26.9 Å². The fourth-order valence-electron chi connectivity index (χ4n) is 6.88. The molecule has 4 aromatic rings. The number of aromatic nitrogens is 8. The maximum atomic E-state index is 13.4. The van der Waals surface area contributed by atoms with Crippen molar-refractivity contribution >= 4 is 23.3 Å². The van der Waals surface area contributed by atoms with Crippen LogP contribution >= 0.6 is 0 Å². The summed E-state index contributed by atoms with van der Waals surface area (Å²) in [6.07, 6.45) is 4.44. The molecule has 0 unspecified atom stereocenters. The van der Waals surface area contributed by atoms with Crippen molar-refractivity contribution in [2.45, 2.75) is 75.3 Å². The van der Waals surface area contributed by atoms with Crippen molar-refractivity contribution < 1.29 is 31.8 Å². The number of methoxy groups -OCH3 is 1. The molecule has 0 aromatic carbocycles. The lowest BCUT2D eigenvalue weighted by atomic mass is 9.92. The summed E-state index contributed by atoms with van der Waals surface area (Å²) in [5.74, 6) is -1.31. The van der Waals surface area contributed by atoms with E-state index >= 15 is 0 Å². The first-order valence-corrected chi connectivity index (χ1v) is 18.6. The molecule has 2 saturated heterocycles. The number of ether oxygens (including phenoxy) is 3. The Hall–Kier alpha value is -4.98. The fourth-order valence-corrected chi connectivity index (χ4v) is 6.88. The number of anilines is 4. The topological polar surface area (TPSA) is 165 Å². The third kappa shape index (κ3) is 10.2. The maximum absolute atomic E-state index is 13.4. The molecule has 55 heavy (non-hydrogen) atoms. The second-order valence-electron chi connectivity index (χ2n) is 14.0. The zero-order chi connectivity index (χ0) is 38.4. The van der Waals surface area contributed by atoms with E-state index in [1.807, 2.05) is 12.1 Å². The van der Waals surface area contributed by atoms with Gasteiger partial charge in [0.05, 0.1) is 33.5 Å². The molecule has 0 amide bonds. The van der Waals surface area contributed by atoms with E-state index in [1.165, 1.54) is 10.7 Å². The predicted molar refractivity (Wildman–Crippen MR) is 195 cm³/mol. The molecule has 0 spiro atoms. The van der Waals surface area contributed by atoms with Crippen LogP contribution in [0, 0.1) is 0 Å². The van der Waals surface area contributed by atoms with Crippen LogP contribution in [0.2, 0.25) is 0 Å². The maximum Gasteiger partial charge on any atom is 0.264 e. The Labute approximate surface area is 314 Å². The summed E-state index contributed by atoms with van der Waals surface area (Å²) in [6.45, 7) is 5.36. The minimum Gasteiger partial charge on any atom is -0.480 e. The molecule has 298 valence electrons. The Morgan fingerprint density at radius 2 is 1.22 bits per heavy atom. The molecule has 20 heteroatoms. The van der Waals surface area contributed by atoms with Gasteiger partial charge in [0.2, 0.25) is 17.7 Å². The summed E-state index contributed by atoms with van der Waals surface area (Å²) in [5, 5.41) is 13.5.